The van der Waals surface area contributed by atoms with Crippen molar-refractivity contribution in [3.8, 4) is 22.3 Å². The van der Waals surface area contributed by atoms with Crippen molar-refractivity contribution >= 4 is 13.1 Å². The van der Waals surface area contributed by atoms with Crippen molar-refractivity contribution in [2.75, 3.05) is 0 Å². The first kappa shape index (κ1) is 23.1. The van der Waals surface area contributed by atoms with Crippen molar-refractivity contribution in [1.82, 2.24) is 0 Å². The van der Waals surface area contributed by atoms with Gasteiger partial charge in [0.15, 0.2) is 0 Å². The first-order valence-electron chi connectivity index (χ1n) is 13.9. The fourth-order valence-corrected chi connectivity index (χ4v) is 20.3. The van der Waals surface area contributed by atoms with Crippen LogP contribution in [0, 0.1) is 0 Å². The summed E-state index contributed by atoms with van der Waals surface area (Å²) in [5.74, 6) is 0. The minimum absolute atomic E-state index is 1.01. The van der Waals surface area contributed by atoms with E-state index in [1.54, 1.807) is 6.54 Å². The van der Waals surface area contributed by atoms with Crippen LogP contribution in [0.15, 0.2) is 146 Å². The zero-order valence-electron chi connectivity index (χ0n) is 21.8. The molecule has 0 amide bonds. The summed E-state index contributed by atoms with van der Waals surface area (Å²) in [5.41, 5.74) is 11.6. The maximum absolute atomic E-state index is 3.84. The molecule has 6 aromatic carbocycles. The topological polar surface area (TPSA) is 0 Å². The Kier molecular flexibility index (Phi) is 5.42. The van der Waals surface area contributed by atoms with Crippen molar-refractivity contribution < 1.29 is 20.3 Å². The van der Waals surface area contributed by atoms with Gasteiger partial charge in [-0.2, -0.15) is 0 Å². The van der Waals surface area contributed by atoms with E-state index >= 15 is 0 Å². The molecule has 0 aliphatic heterocycles. The van der Waals surface area contributed by atoms with E-state index in [0.717, 1.165) is 12.8 Å². The molecule has 6 aromatic rings. The summed E-state index contributed by atoms with van der Waals surface area (Å²) in [6, 6.07) is 55.4. The second-order valence-corrected chi connectivity index (χ2v) is 20.0. The molecule has 0 spiro atoms. The average molecular weight is 576 g/mol. The van der Waals surface area contributed by atoms with Crippen molar-refractivity contribution in [2.24, 2.45) is 0 Å². The van der Waals surface area contributed by atoms with Crippen LogP contribution in [-0.4, -0.2) is 0 Å². The van der Waals surface area contributed by atoms with Crippen molar-refractivity contribution in [1.29, 1.82) is 0 Å². The van der Waals surface area contributed by atoms with Crippen molar-refractivity contribution in [3.63, 3.8) is 0 Å². The Morgan fingerprint density at radius 3 is 1.18 bits per heavy atom. The number of rotatable bonds is 4. The molecule has 0 radical (unpaired) electrons. The van der Waals surface area contributed by atoms with Gasteiger partial charge in [0.25, 0.3) is 0 Å². The Morgan fingerprint density at radius 1 is 0.333 bits per heavy atom. The average Bonchev–Trinajstić information content (AvgIpc) is 3.58. The summed E-state index contributed by atoms with van der Waals surface area (Å²) in [5, 5.41) is 0. The molecule has 0 N–H and O–H groups in total. The third-order valence-electron chi connectivity index (χ3n) is 8.92. The Bertz CT molecular complexity index is 1710. The molecule has 8 rings (SSSR count). The van der Waals surface area contributed by atoms with Gasteiger partial charge in [0.1, 0.15) is 0 Å². The first-order valence-corrected chi connectivity index (χ1v) is 18.8. The van der Waals surface area contributed by atoms with Gasteiger partial charge >= 0.3 is 236 Å². The summed E-state index contributed by atoms with van der Waals surface area (Å²) >= 11 is -3.84. The van der Waals surface area contributed by atoms with Crippen LogP contribution < -0.4 is 13.1 Å². The molecule has 1 heteroatoms. The standard InChI is InChI=1S/2C13H9.2C6H5.Zr/c2*1-3-7-12-10(5-1)9-11-6-2-4-8-13(11)12;2*1-2-4-6-5-3-1;/h2*1-5,7-8H,9H2;2*1-5H;. The van der Waals surface area contributed by atoms with E-state index in [2.05, 4.69) is 146 Å². The van der Waals surface area contributed by atoms with Gasteiger partial charge in [0, 0.05) is 0 Å². The van der Waals surface area contributed by atoms with Crippen LogP contribution >= 0.6 is 0 Å². The number of benzene rings is 6. The van der Waals surface area contributed by atoms with Crippen LogP contribution in [0.1, 0.15) is 22.3 Å². The van der Waals surface area contributed by atoms with Gasteiger partial charge in [-0.25, -0.2) is 0 Å². The molecule has 2 aliphatic carbocycles. The predicted octanol–water partition coefficient (Wildman–Crippen LogP) is 6.58. The second kappa shape index (κ2) is 9.15. The Morgan fingerprint density at radius 2 is 0.718 bits per heavy atom. The summed E-state index contributed by atoms with van der Waals surface area (Å²) in [6.07, 6.45) is 2.02. The second-order valence-electron chi connectivity index (χ2n) is 10.8. The van der Waals surface area contributed by atoms with Crippen LogP contribution in [-0.2, 0) is 33.1 Å². The van der Waals surface area contributed by atoms with Crippen molar-refractivity contribution in [3.05, 3.63) is 168 Å². The van der Waals surface area contributed by atoms with Gasteiger partial charge in [-0.3, -0.25) is 0 Å². The molecule has 0 nitrogen and oxygen atoms in total. The van der Waals surface area contributed by atoms with Crippen LogP contribution in [0.2, 0.25) is 0 Å². The molecule has 0 heterocycles. The molecule has 39 heavy (non-hydrogen) atoms. The molecule has 0 fully saturated rings. The molecule has 0 saturated carbocycles. The Labute approximate surface area is 235 Å². The molecule has 0 atom stereocenters. The summed E-state index contributed by atoms with van der Waals surface area (Å²) in [6.45, 7) is 0. The van der Waals surface area contributed by atoms with E-state index in [1.165, 1.54) is 51.1 Å². The molecular formula is C38H28Zr. The third-order valence-corrected chi connectivity index (χ3v) is 21.1. The van der Waals surface area contributed by atoms with E-state index in [4.69, 9.17) is 0 Å². The van der Waals surface area contributed by atoms with Crippen molar-refractivity contribution in [2.45, 2.75) is 12.8 Å². The van der Waals surface area contributed by atoms with E-state index in [-0.39, 0.29) is 0 Å². The first-order chi connectivity index (χ1) is 19.4. The summed E-state index contributed by atoms with van der Waals surface area (Å²) in [7, 11) is 0. The quantitative estimate of drug-likeness (QED) is 0.222. The Balaban J connectivity index is 1.51. The zero-order chi connectivity index (χ0) is 25.8. The maximum atomic E-state index is 2.49. The van der Waals surface area contributed by atoms with Crippen LogP contribution in [0.5, 0.6) is 0 Å². The van der Waals surface area contributed by atoms with Crippen LogP contribution in [0.25, 0.3) is 22.3 Å². The summed E-state index contributed by atoms with van der Waals surface area (Å²) < 4.78 is 6.23. The monoisotopic (exact) mass is 574 g/mol. The van der Waals surface area contributed by atoms with E-state index in [0.29, 0.717) is 0 Å². The van der Waals surface area contributed by atoms with Gasteiger partial charge in [-0.1, -0.05) is 0 Å². The summed E-state index contributed by atoms with van der Waals surface area (Å²) in [4.78, 5) is 0. The van der Waals surface area contributed by atoms with E-state index < -0.39 is 20.3 Å². The minimum atomic E-state index is -3.84. The fourth-order valence-electron chi connectivity index (χ4n) is 7.33. The normalized spacial score (nSPS) is 12.9. The third kappa shape index (κ3) is 3.40. The molecule has 0 saturated heterocycles. The zero-order valence-corrected chi connectivity index (χ0v) is 24.2. The number of hydrogen-bond acceptors (Lipinski definition) is 0. The van der Waals surface area contributed by atoms with E-state index in [1.807, 2.05) is 0 Å². The van der Waals surface area contributed by atoms with Gasteiger partial charge in [0.05, 0.1) is 0 Å². The van der Waals surface area contributed by atoms with Crippen LogP contribution in [0.3, 0.4) is 0 Å². The van der Waals surface area contributed by atoms with Gasteiger partial charge in [-0.05, 0) is 0 Å². The molecule has 0 unspecified atom stereocenters. The van der Waals surface area contributed by atoms with Gasteiger partial charge in [-0.15, -0.1) is 0 Å². The number of fused-ring (bicyclic) bond motifs is 6. The van der Waals surface area contributed by atoms with Gasteiger partial charge in [0.2, 0.25) is 0 Å². The number of hydrogen-bond donors (Lipinski definition) is 0. The molecule has 184 valence electrons. The molecule has 0 aromatic heterocycles. The van der Waals surface area contributed by atoms with Gasteiger partial charge < -0.3 is 0 Å². The fraction of sp³-hybridized carbons (Fsp3) is 0.0526. The molecular weight excluding hydrogens is 548 g/mol. The molecule has 0 bridgehead atoms. The SMILES string of the molecule is c1cc[c]([Zr]([c]2ccccc2)([c]2cccc3c2Cc2ccccc2-3)[c]2cccc3c2Cc2ccccc2-3)cc1. The predicted molar refractivity (Wildman–Crippen MR) is 161 cm³/mol. The molecule has 2 aliphatic rings. The van der Waals surface area contributed by atoms with Crippen LogP contribution in [0.4, 0.5) is 0 Å². The Hall–Kier alpha value is -3.80. The van der Waals surface area contributed by atoms with E-state index in [9.17, 15) is 0 Å².